The van der Waals surface area contributed by atoms with Gasteiger partial charge in [0.15, 0.2) is 0 Å². The summed E-state index contributed by atoms with van der Waals surface area (Å²) in [5.74, 6) is 0.487. The Labute approximate surface area is 138 Å². The van der Waals surface area contributed by atoms with Gasteiger partial charge in [-0.2, -0.15) is 0 Å². The quantitative estimate of drug-likeness (QED) is 0.891. The molecule has 0 spiro atoms. The Hall–Kier alpha value is -1.75. The van der Waals surface area contributed by atoms with Crippen LogP contribution in [0, 0.1) is 0 Å². The first kappa shape index (κ1) is 16.1. The first-order valence-corrected chi connectivity index (χ1v) is 8.72. The van der Waals surface area contributed by atoms with Crippen molar-refractivity contribution < 1.29 is 9.90 Å². The van der Waals surface area contributed by atoms with Crippen molar-refractivity contribution in [3.05, 3.63) is 24.3 Å². The number of phenolic OH excluding ortho intramolecular Hbond substituents is 1. The number of hydrogen-bond donors (Lipinski definition) is 2. The zero-order valence-corrected chi connectivity index (χ0v) is 13.9. The summed E-state index contributed by atoms with van der Waals surface area (Å²) in [6.07, 6.45) is 4.72. The Morgan fingerprint density at radius 3 is 2.48 bits per heavy atom. The number of para-hydroxylation sites is 2. The topological polar surface area (TPSA) is 55.8 Å². The number of hydrogen-bond acceptors (Lipinski definition) is 4. The number of piperazine rings is 1. The molecule has 1 aromatic rings. The van der Waals surface area contributed by atoms with Gasteiger partial charge in [-0.15, -0.1) is 0 Å². The van der Waals surface area contributed by atoms with Crippen molar-refractivity contribution >= 4 is 11.6 Å². The van der Waals surface area contributed by atoms with Crippen LogP contribution in [-0.4, -0.2) is 54.2 Å². The zero-order chi connectivity index (χ0) is 16.2. The molecular formula is C18H27N3O2. The summed E-state index contributed by atoms with van der Waals surface area (Å²) in [5, 5.41) is 13.2. The molecule has 2 fully saturated rings. The monoisotopic (exact) mass is 317 g/mol. The van der Waals surface area contributed by atoms with Crippen molar-refractivity contribution in [1.82, 2.24) is 10.2 Å². The van der Waals surface area contributed by atoms with E-state index >= 15 is 0 Å². The Morgan fingerprint density at radius 2 is 1.83 bits per heavy atom. The minimum absolute atomic E-state index is 0.0814. The molecule has 0 radical (unpaired) electrons. The molecule has 2 aliphatic rings. The molecule has 23 heavy (non-hydrogen) atoms. The van der Waals surface area contributed by atoms with Crippen LogP contribution in [0.2, 0.25) is 0 Å². The molecule has 5 heteroatoms. The lowest BCUT2D eigenvalue weighted by atomic mass is 10.1. The van der Waals surface area contributed by atoms with E-state index in [-0.39, 0.29) is 11.9 Å². The van der Waals surface area contributed by atoms with Gasteiger partial charge in [-0.05, 0) is 31.9 Å². The van der Waals surface area contributed by atoms with Crippen LogP contribution in [0.3, 0.4) is 0 Å². The molecule has 1 aliphatic carbocycles. The highest BCUT2D eigenvalue weighted by Gasteiger charge is 2.28. The molecule has 1 saturated heterocycles. The molecule has 2 N–H and O–H groups in total. The third-order valence-electron chi connectivity index (χ3n) is 5.17. The maximum absolute atomic E-state index is 12.4. The minimum Gasteiger partial charge on any atom is -0.506 e. The second-order valence-electron chi connectivity index (χ2n) is 6.68. The lowest BCUT2D eigenvalue weighted by molar-refractivity contribution is -0.126. The first-order valence-electron chi connectivity index (χ1n) is 8.72. The fraction of sp³-hybridized carbons (Fsp3) is 0.611. The van der Waals surface area contributed by atoms with E-state index < -0.39 is 0 Å². The van der Waals surface area contributed by atoms with Gasteiger partial charge in [-0.1, -0.05) is 25.0 Å². The van der Waals surface area contributed by atoms with Crippen LogP contribution in [0.1, 0.15) is 32.6 Å². The van der Waals surface area contributed by atoms with Crippen LogP contribution in [-0.2, 0) is 4.79 Å². The van der Waals surface area contributed by atoms with Gasteiger partial charge < -0.3 is 15.3 Å². The molecule has 1 atom stereocenters. The van der Waals surface area contributed by atoms with E-state index in [0.717, 1.165) is 44.7 Å². The molecule has 1 saturated carbocycles. The Morgan fingerprint density at radius 1 is 1.17 bits per heavy atom. The van der Waals surface area contributed by atoms with E-state index in [9.17, 15) is 9.90 Å². The van der Waals surface area contributed by atoms with E-state index in [4.69, 9.17) is 0 Å². The number of benzene rings is 1. The number of carbonyl (C=O) groups is 1. The van der Waals surface area contributed by atoms with Crippen LogP contribution in [0.25, 0.3) is 0 Å². The smallest absolute Gasteiger partial charge is 0.237 e. The molecule has 3 rings (SSSR count). The maximum atomic E-state index is 12.4. The summed E-state index contributed by atoms with van der Waals surface area (Å²) in [6.45, 7) is 5.35. The number of nitrogens with zero attached hydrogens (tertiary/aromatic N) is 2. The van der Waals surface area contributed by atoms with Gasteiger partial charge >= 0.3 is 0 Å². The second kappa shape index (κ2) is 7.21. The summed E-state index contributed by atoms with van der Waals surface area (Å²) < 4.78 is 0. The molecule has 1 heterocycles. The van der Waals surface area contributed by atoms with Crippen LogP contribution in [0.15, 0.2) is 24.3 Å². The van der Waals surface area contributed by atoms with Crippen LogP contribution in [0.4, 0.5) is 5.69 Å². The van der Waals surface area contributed by atoms with Crippen molar-refractivity contribution in [2.75, 3.05) is 31.1 Å². The molecule has 1 aliphatic heterocycles. The summed E-state index contributed by atoms with van der Waals surface area (Å²) in [6, 6.07) is 7.75. The maximum Gasteiger partial charge on any atom is 0.237 e. The van der Waals surface area contributed by atoms with Crippen LogP contribution >= 0.6 is 0 Å². The van der Waals surface area contributed by atoms with E-state index in [1.807, 2.05) is 25.1 Å². The fourth-order valence-electron chi connectivity index (χ4n) is 3.64. The number of aromatic hydroxyl groups is 1. The predicted molar refractivity (Wildman–Crippen MR) is 91.8 cm³/mol. The van der Waals surface area contributed by atoms with E-state index in [2.05, 4.69) is 15.1 Å². The molecule has 126 valence electrons. The van der Waals surface area contributed by atoms with Gasteiger partial charge in [-0.3, -0.25) is 9.69 Å². The second-order valence-corrected chi connectivity index (χ2v) is 6.68. The molecule has 0 aromatic heterocycles. The number of phenols is 1. The van der Waals surface area contributed by atoms with Crippen LogP contribution < -0.4 is 10.2 Å². The molecule has 5 nitrogen and oxygen atoms in total. The predicted octanol–water partition coefficient (Wildman–Crippen LogP) is 1.96. The lowest BCUT2D eigenvalue weighted by Gasteiger charge is -2.38. The normalized spacial score (nSPS) is 21.3. The van der Waals surface area contributed by atoms with Crippen molar-refractivity contribution in [1.29, 1.82) is 0 Å². The Kier molecular flexibility index (Phi) is 5.06. The van der Waals surface area contributed by atoms with Crippen molar-refractivity contribution in [2.45, 2.75) is 44.7 Å². The fourth-order valence-corrected chi connectivity index (χ4v) is 3.64. The largest absolute Gasteiger partial charge is 0.506 e. The molecule has 0 unspecified atom stereocenters. The van der Waals surface area contributed by atoms with Crippen molar-refractivity contribution in [3.8, 4) is 5.75 Å². The van der Waals surface area contributed by atoms with Gasteiger partial charge in [0, 0.05) is 32.2 Å². The van der Waals surface area contributed by atoms with Crippen molar-refractivity contribution in [2.24, 2.45) is 0 Å². The van der Waals surface area contributed by atoms with Gasteiger partial charge in [-0.25, -0.2) is 0 Å². The van der Waals surface area contributed by atoms with E-state index in [0.29, 0.717) is 11.8 Å². The standard InChI is InChI=1S/C18H27N3O2/c1-14(18(23)19-15-6-2-3-7-15)20-10-12-21(13-11-20)16-8-4-5-9-17(16)22/h4-5,8-9,14-15,22H,2-3,6-7,10-13H2,1H3,(H,19,23)/t14-/m0/s1. The van der Waals surface area contributed by atoms with Crippen molar-refractivity contribution in [3.63, 3.8) is 0 Å². The molecule has 1 aromatic carbocycles. The lowest BCUT2D eigenvalue weighted by Crippen LogP contribution is -2.54. The van der Waals surface area contributed by atoms with Gasteiger partial charge in [0.1, 0.15) is 5.75 Å². The first-order chi connectivity index (χ1) is 11.1. The minimum atomic E-state index is -0.0814. The highest BCUT2D eigenvalue weighted by atomic mass is 16.3. The SMILES string of the molecule is C[C@@H](C(=O)NC1CCCC1)N1CCN(c2ccccc2O)CC1. The zero-order valence-electron chi connectivity index (χ0n) is 13.9. The van der Waals surface area contributed by atoms with Crippen LogP contribution in [0.5, 0.6) is 5.75 Å². The van der Waals surface area contributed by atoms with Gasteiger partial charge in [0.05, 0.1) is 11.7 Å². The Balaban J connectivity index is 1.51. The molecular weight excluding hydrogens is 290 g/mol. The Bertz CT molecular complexity index is 535. The number of carbonyl (C=O) groups excluding carboxylic acids is 1. The van der Waals surface area contributed by atoms with E-state index in [1.165, 1.54) is 12.8 Å². The summed E-state index contributed by atoms with van der Waals surface area (Å²) in [4.78, 5) is 16.8. The number of amides is 1. The highest BCUT2D eigenvalue weighted by molar-refractivity contribution is 5.81. The number of rotatable bonds is 4. The summed E-state index contributed by atoms with van der Waals surface area (Å²) >= 11 is 0. The highest BCUT2D eigenvalue weighted by Crippen LogP contribution is 2.27. The molecule has 0 bridgehead atoms. The third kappa shape index (κ3) is 3.78. The number of nitrogens with one attached hydrogen (secondary N) is 1. The third-order valence-corrected chi connectivity index (χ3v) is 5.17. The average molecular weight is 317 g/mol. The molecule has 1 amide bonds. The van der Waals surface area contributed by atoms with E-state index in [1.54, 1.807) is 6.07 Å². The van der Waals surface area contributed by atoms with Gasteiger partial charge in [0.25, 0.3) is 0 Å². The van der Waals surface area contributed by atoms with Gasteiger partial charge in [0.2, 0.25) is 5.91 Å². The summed E-state index contributed by atoms with van der Waals surface area (Å²) in [5.41, 5.74) is 0.884. The average Bonchev–Trinajstić information content (AvgIpc) is 3.08. The number of anilines is 1. The summed E-state index contributed by atoms with van der Waals surface area (Å²) in [7, 11) is 0.